The molecule has 3 unspecified atom stereocenters. The van der Waals surface area contributed by atoms with Crippen molar-refractivity contribution in [3.05, 3.63) is 29.1 Å². The summed E-state index contributed by atoms with van der Waals surface area (Å²) in [4.78, 5) is 55.1. The number of piperazine rings is 1. The number of imide groups is 2. The molecule has 6 rings (SSSR count). The SMILES string of the molecule is CC(C)(C)N1CC2CCC1CN2c1cc2c(cc1F)C(=O)N(C1CCC(=O)NC1=O)C2=O. The molecule has 4 saturated heterocycles. The topological polar surface area (TPSA) is 90.0 Å². The molecule has 5 aliphatic rings. The van der Waals surface area contributed by atoms with Gasteiger partial charge < -0.3 is 4.90 Å². The Labute approximate surface area is 185 Å². The Morgan fingerprint density at radius 2 is 1.59 bits per heavy atom. The van der Waals surface area contributed by atoms with Gasteiger partial charge in [0.1, 0.15) is 11.9 Å². The molecule has 32 heavy (non-hydrogen) atoms. The van der Waals surface area contributed by atoms with E-state index in [1.54, 1.807) is 0 Å². The van der Waals surface area contributed by atoms with Crippen LogP contribution in [-0.2, 0) is 9.59 Å². The minimum atomic E-state index is -1.06. The van der Waals surface area contributed by atoms with Gasteiger partial charge in [-0.05, 0) is 52.2 Å². The predicted octanol–water partition coefficient (Wildman–Crippen LogP) is 1.68. The number of nitrogens with one attached hydrogen (secondary N) is 1. The van der Waals surface area contributed by atoms with Crippen LogP contribution >= 0.6 is 0 Å². The Bertz CT molecular complexity index is 1050. The number of hydrogen-bond donors (Lipinski definition) is 1. The summed E-state index contributed by atoms with van der Waals surface area (Å²) in [7, 11) is 0. The van der Waals surface area contributed by atoms with Crippen LogP contribution in [0.4, 0.5) is 10.1 Å². The number of nitrogens with zero attached hydrogens (tertiary/aromatic N) is 3. The van der Waals surface area contributed by atoms with E-state index in [0.717, 1.165) is 30.4 Å². The third-order valence-corrected chi connectivity index (χ3v) is 7.21. The second-order valence-electron chi connectivity index (χ2n) is 10.2. The van der Waals surface area contributed by atoms with E-state index in [0.29, 0.717) is 18.3 Å². The fourth-order valence-corrected chi connectivity index (χ4v) is 5.64. The van der Waals surface area contributed by atoms with Crippen molar-refractivity contribution in [1.29, 1.82) is 0 Å². The monoisotopic (exact) mass is 442 g/mol. The third-order valence-electron chi connectivity index (χ3n) is 7.21. The number of carbonyl (C=O) groups is 4. The largest absolute Gasteiger partial charge is 0.363 e. The van der Waals surface area contributed by atoms with Crippen molar-refractivity contribution in [1.82, 2.24) is 15.1 Å². The standard InChI is InChI=1S/C23H27FN4O4/c1-23(2,3)27-11-12-4-5-13(27)10-26(12)18-9-15-14(8-16(18)24)21(31)28(22(15)32)17-6-7-19(29)25-20(17)30/h8-9,12-13,17H,4-7,10-11H2,1-3H3,(H,25,29,30). The van der Waals surface area contributed by atoms with Crippen LogP contribution in [0, 0.1) is 5.82 Å². The van der Waals surface area contributed by atoms with E-state index in [-0.39, 0.29) is 35.5 Å². The van der Waals surface area contributed by atoms with Crippen LogP contribution < -0.4 is 10.2 Å². The second kappa shape index (κ2) is 7.10. The van der Waals surface area contributed by atoms with Gasteiger partial charge in [-0.2, -0.15) is 0 Å². The number of amides is 4. The third kappa shape index (κ3) is 3.13. The van der Waals surface area contributed by atoms with E-state index in [2.05, 4.69) is 31.0 Å². The molecule has 0 radical (unpaired) electrons. The van der Waals surface area contributed by atoms with Gasteiger partial charge in [-0.1, -0.05) is 0 Å². The number of piperidine rings is 3. The molecule has 5 aliphatic heterocycles. The quantitative estimate of drug-likeness (QED) is 0.701. The number of carbonyl (C=O) groups excluding carboxylic acids is 4. The van der Waals surface area contributed by atoms with Gasteiger partial charge in [0.05, 0.1) is 16.8 Å². The first-order chi connectivity index (χ1) is 15.1. The summed E-state index contributed by atoms with van der Waals surface area (Å²) in [6, 6.07) is 1.97. The van der Waals surface area contributed by atoms with Crippen molar-refractivity contribution in [2.45, 2.75) is 70.1 Å². The highest BCUT2D eigenvalue weighted by Crippen LogP contribution is 2.39. The Kier molecular flexibility index (Phi) is 4.67. The Balaban J connectivity index is 1.45. The van der Waals surface area contributed by atoms with Crippen molar-refractivity contribution < 1.29 is 23.6 Å². The lowest BCUT2D eigenvalue weighted by atomic mass is 9.86. The van der Waals surface area contributed by atoms with Crippen molar-refractivity contribution in [2.75, 3.05) is 18.0 Å². The Morgan fingerprint density at radius 3 is 2.19 bits per heavy atom. The van der Waals surface area contributed by atoms with Crippen molar-refractivity contribution >= 4 is 29.3 Å². The van der Waals surface area contributed by atoms with E-state index in [9.17, 15) is 19.2 Å². The van der Waals surface area contributed by atoms with Crippen LogP contribution in [0.15, 0.2) is 12.1 Å². The maximum absolute atomic E-state index is 15.2. The van der Waals surface area contributed by atoms with E-state index in [4.69, 9.17) is 0 Å². The minimum absolute atomic E-state index is 0.0245. The van der Waals surface area contributed by atoms with Gasteiger partial charge in [-0.15, -0.1) is 0 Å². The van der Waals surface area contributed by atoms with E-state index < -0.39 is 35.5 Å². The van der Waals surface area contributed by atoms with Gasteiger partial charge in [-0.25, -0.2) is 4.39 Å². The lowest BCUT2D eigenvalue weighted by Crippen LogP contribution is -2.67. The molecule has 1 N–H and O–H groups in total. The van der Waals surface area contributed by atoms with Crippen LogP contribution in [0.2, 0.25) is 0 Å². The molecule has 0 aliphatic carbocycles. The fraction of sp³-hybridized carbons (Fsp3) is 0.565. The van der Waals surface area contributed by atoms with Gasteiger partial charge in [0, 0.05) is 37.1 Å². The lowest BCUT2D eigenvalue weighted by Gasteiger charge is -2.56. The van der Waals surface area contributed by atoms with Gasteiger partial charge in [0.15, 0.2) is 0 Å². The molecule has 5 heterocycles. The van der Waals surface area contributed by atoms with Crippen LogP contribution in [0.1, 0.15) is 67.2 Å². The maximum atomic E-state index is 15.2. The molecule has 9 heteroatoms. The molecule has 3 atom stereocenters. The van der Waals surface area contributed by atoms with E-state index in [1.165, 1.54) is 6.07 Å². The average molecular weight is 442 g/mol. The highest BCUT2D eigenvalue weighted by atomic mass is 19.1. The molecule has 0 saturated carbocycles. The molecule has 1 aromatic rings. The highest BCUT2D eigenvalue weighted by Gasteiger charge is 2.47. The van der Waals surface area contributed by atoms with Crippen molar-refractivity contribution in [3.63, 3.8) is 0 Å². The molecule has 4 amide bonds. The van der Waals surface area contributed by atoms with Gasteiger partial charge >= 0.3 is 0 Å². The van der Waals surface area contributed by atoms with Crippen LogP contribution in [0.3, 0.4) is 0 Å². The smallest absolute Gasteiger partial charge is 0.262 e. The molecule has 4 fully saturated rings. The Morgan fingerprint density at radius 1 is 0.938 bits per heavy atom. The Hall–Kier alpha value is -2.81. The lowest BCUT2D eigenvalue weighted by molar-refractivity contribution is -0.136. The normalized spacial score (nSPS) is 28.4. The summed E-state index contributed by atoms with van der Waals surface area (Å²) in [6.07, 6.45) is 2.11. The molecule has 1 aromatic carbocycles. The van der Waals surface area contributed by atoms with Gasteiger partial charge in [0.25, 0.3) is 11.8 Å². The fourth-order valence-electron chi connectivity index (χ4n) is 5.64. The summed E-state index contributed by atoms with van der Waals surface area (Å²) in [5.41, 5.74) is 0.444. The molecule has 0 spiro atoms. The van der Waals surface area contributed by atoms with Crippen molar-refractivity contribution in [3.8, 4) is 0 Å². The number of rotatable bonds is 2. The molecule has 0 aromatic heterocycles. The number of benzene rings is 1. The summed E-state index contributed by atoms with van der Waals surface area (Å²) in [5.74, 6) is -2.94. The second-order valence-corrected chi connectivity index (χ2v) is 10.2. The van der Waals surface area contributed by atoms with Crippen molar-refractivity contribution in [2.24, 2.45) is 0 Å². The molecule has 2 bridgehead atoms. The summed E-state index contributed by atoms with van der Waals surface area (Å²) >= 11 is 0. The molecule has 170 valence electrons. The van der Waals surface area contributed by atoms with Crippen LogP contribution in [-0.4, -0.2) is 70.2 Å². The maximum Gasteiger partial charge on any atom is 0.262 e. The number of halogens is 1. The highest BCUT2D eigenvalue weighted by molar-refractivity contribution is 6.23. The first-order valence-corrected chi connectivity index (χ1v) is 11.1. The molecular formula is C23H27FN4O4. The summed E-state index contributed by atoms with van der Waals surface area (Å²) in [5, 5.41) is 2.17. The minimum Gasteiger partial charge on any atom is -0.363 e. The number of anilines is 1. The first kappa shape index (κ1) is 21.1. The van der Waals surface area contributed by atoms with E-state index >= 15 is 4.39 Å². The molecular weight excluding hydrogens is 415 g/mol. The summed E-state index contributed by atoms with van der Waals surface area (Å²) in [6.45, 7) is 8.03. The zero-order chi connectivity index (χ0) is 22.9. The van der Waals surface area contributed by atoms with Crippen LogP contribution in [0.25, 0.3) is 0 Å². The van der Waals surface area contributed by atoms with Gasteiger partial charge in [0.2, 0.25) is 11.8 Å². The zero-order valence-corrected chi connectivity index (χ0v) is 18.5. The number of fused-ring (bicyclic) bond motifs is 4. The predicted molar refractivity (Wildman–Crippen MR) is 114 cm³/mol. The van der Waals surface area contributed by atoms with E-state index in [1.807, 2.05) is 4.90 Å². The zero-order valence-electron chi connectivity index (χ0n) is 18.5. The first-order valence-electron chi connectivity index (χ1n) is 11.1. The molecule has 8 nitrogen and oxygen atoms in total. The van der Waals surface area contributed by atoms with Crippen LogP contribution in [0.5, 0.6) is 0 Å². The average Bonchev–Trinajstić information content (AvgIpc) is 2.97. The summed E-state index contributed by atoms with van der Waals surface area (Å²) < 4.78 is 15.2. The van der Waals surface area contributed by atoms with Gasteiger partial charge in [-0.3, -0.25) is 34.3 Å². The number of hydrogen-bond acceptors (Lipinski definition) is 6.